The first-order valence-electron chi connectivity index (χ1n) is 5.78. The Morgan fingerprint density at radius 3 is 2.60 bits per heavy atom. The number of ether oxygens (including phenoxy) is 1. The zero-order chi connectivity index (χ0) is 14.5. The topological polar surface area (TPSA) is 64.3 Å². The predicted octanol–water partition coefficient (Wildman–Crippen LogP) is 3.59. The van der Waals surface area contributed by atoms with Crippen molar-refractivity contribution < 1.29 is 9.53 Å². The standard InChI is InChI=1S/C14H12Cl2N2O2/c15-10-3-1-2-4-13(10)18-14(19)8-20-9-5-6-12(17)11(16)7-9/h1-7H,8,17H2,(H,18,19). The molecule has 0 aliphatic rings. The van der Waals surface area contributed by atoms with Gasteiger partial charge in [-0.1, -0.05) is 35.3 Å². The lowest BCUT2D eigenvalue weighted by molar-refractivity contribution is -0.118. The van der Waals surface area contributed by atoms with Crippen LogP contribution in [0.1, 0.15) is 0 Å². The molecule has 0 fully saturated rings. The minimum absolute atomic E-state index is 0.147. The van der Waals surface area contributed by atoms with Crippen molar-refractivity contribution in [3.63, 3.8) is 0 Å². The van der Waals surface area contributed by atoms with Crippen molar-refractivity contribution in [3.05, 3.63) is 52.5 Å². The van der Waals surface area contributed by atoms with Gasteiger partial charge < -0.3 is 15.8 Å². The van der Waals surface area contributed by atoms with Crippen LogP contribution >= 0.6 is 23.2 Å². The summed E-state index contributed by atoms with van der Waals surface area (Å²) in [6, 6.07) is 11.8. The van der Waals surface area contributed by atoms with Gasteiger partial charge in [-0.25, -0.2) is 0 Å². The van der Waals surface area contributed by atoms with E-state index in [0.29, 0.717) is 27.2 Å². The fourth-order valence-electron chi connectivity index (χ4n) is 1.50. The molecule has 2 aromatic rings. The van der Waals surface area contributed by atoms with Crippen LogP contribution in [0.4, 0.5) is 11.4 Å². The van der Waals surface area contributed by atoms with Gasteiger partial charge in [0.2, 0.25) is 0 Å². The Kier molecular flexibility index (Phi) is 4.71. The monoisotopic (exact) mass is 310 g/mol. The van der Waals surface area contributed by atoms with Crippen LogP contribution in [-0.4, -0.2) is 12.5 Å². The molecule has 0 saturated carbocycles. The number of carbonyl (C=O) groups excluding carboxylic acids is 1. The lowest BCUT2D eigenvalue weighted by Crippen LogP contribution is -2.20. The Hall–Kier alpha value is -1.91. The number of amides is 1. The number of rotatable bonds is 4. The molecule has 2 rings (SSSR count). The molecule has 0 heterocycles. The second-order valence-corrected chi connectivity index (χ2v) is 4.81. The number of anilines is 2. The molecule has 0 aliphatic heterocycles. The minimum atomic E-state index is -0.314. The summed E-state index contributed by atoms with van der Waals surface area (Å²) in [6.07, 6.45) is 0. The van der Waals surface area contributed by atoms with Gasteiger partial charge in [-0.15, -0.1) is 0 Å². The van der Waals surface area contributed by atoms with Crippen LogP contribution < -0.4 is 15.8 Å². The minimum Gasteiger partial charge on any atom is -0.484 e. The Balaban J connectivity index is 1.92. The zero-order valence-corrected chi connectivity index (χ0v) is 11.9. The normalized spacial score (nSPS) is 10.1. The van der Waals surface area contributed by atoms with Crippen molar-refractivity contribution in [1.82, 2.24) is 0 Å². The molecule has 0 bridgehead atoms. The van der Waals surface area contributed by atoms with Gasteiger partial charge in [0.25, 0.3) is 5.91 Å². The maximum Gasteiger partial charge on any atom is 0.262 e. The van der Waals surface area contributed by atoms with Gasteiger partial charge in [0.1, 0.15) is 5.75 Å². The lowest BCUT2D eigenvalue weighted by Gasteiger charge is -2.09. The first-order chi connectivity index (χ1) is 9.56. The molecule has 0 spiro atoms. The van der Waals surface area contributed by atoms with E-state index in [1.807, 2.05) is 0 Å². The Morgan fingerprint density at radius 2 is 1.90 bits per heavy atom. The number of para-hydroxylation sites is 1. The molecular formula is C14H12Cl2N2O2. The summed E-state index contributed by atoms with van der Waals surface area (Å²) in [5, 5.41) is 3.51. The first-order valence-corrected chi connectivity index (χ1v) is 6.54. The molecule has 1 amide bonds. The molecule has 6 heteroatoms. The Labute approximate surface area is 126 Å². The van der Waals surface area contributed by atoms with Gasteiger partial charge in [-0.3, -0.25) is 4.79 Å². The highest BCUT2D eigenvalue weighted by Gasteiger charge is 2.07. The lowest BCUT2D eigenvalue weighted by atomic mass is 10.3. The molecule has 20 heavy (non-hydrogen) atoms. The Bertz CT molecular complexity index is 632. The summed E-state index contributed by atoms with van der Waals surface area (Å²) in [5.74, 6) is 0.157. The van der Waals surface area contributed by atoms with Crippen molar-refractivity contribution >= 4 is 40.5 Å². The number of hydrogen-bond donors (Lipinski definition) is 2. The molecule has 0 aliphatic carbocycles. The Morgan fingerprint density at radius 1 is 1.15 bits per heavy atom. The van der Waals surface area contributed by atoms with E-state index in [0.717, 1.165) is 0 Å². The van der Waals surface area contributed by atoms with E-state index in [1.54, 1.807) is 42.5 Å². The van der Waals surface area contributed by atoms with Crippen molar-refractivity contribution in [3.8, 4) is 5.75 Å². The SMILES string of the molecule is Nc1ccc(OCC(=O)Nc2ccccc2Cl)cc1Cl. The number of hydrogen-bond acceptors (Lipinski definition) is 3. The average molecular weight is 311 g/mol. The van der Waals surface area contributed by atoms with Crippen LogP contribution in [0.3, 0.4) is 0 Å². The van der Waals surface area contributed by atoms with E-state index in [-0.39, 0.29) is 12.5 Å². The molecule has 0 radical (unpaired) electrons. The quantitative estimate of drug-likeness (QED) is 0.848. The van der Waals surface area contributed by atoms with Gasteiger partial charge in [-0.2, -0.15) is 0 Å². The highest BCUT2D eigenvalue weighted by atomic mass is 35.5. The van der Waals surface area contributed by atoms with Crippen LogP contribution in [0.5, 0.6) is 5.75 Å². The maximum atomic E-state index is 11.7. The molecular weight excluding hydrogens is 299 g/mol. The number of halogens is 2. The summed E-state index contributed by atoms with van der Waals surface area (Å²) in [5.41, 5.74) is 6.58. The molecule has 4 nitrogen and oxygen atoms in total. The summed E-state index contributed by atoms with van der Waals surface area (Å²) in [7, 11) is 0. The van der Waals surface area contributed by atoms with Gasteiger partial charge in [-0.05, 0) is 24.3 Å². The highest BCUT2D eigenvalue weighted by Crippen LogP contribution is 2.24. The smallest absolute Gasteiger partial charge is 0.262 e. The van der Waals surface area contributed by atoms with Crippen LogP contribution in [0.15, 0.2) is 42.5 Å². The first kappa shape index (κ1) is 14.5. The maximum absolute atomic E-state index is 11.7. The van der Waals surface area contributed by atoms with Crippen molar-refractivity contribution in [2.24, 2.45) is 0 Å². The fourth-order valence-corrected chi connectivity index (χ4v) is 1.85. The third kappa shape index (κ3) is 3.79. The number of nitrogens with one attached hydrogen (secondary N) is 1. The fraction of sp³-hybridized carbons (Fsp3) is 0.0714. The summed E-state index contributed by atoms with van der Waals surface area (Å²) >= 11 is 11.8. The third-order valence-corrected chi connectivity index (χ3v) is 3.15. The highest BCUT2D eigenvalue weighted by molar-refractivity contribution is 6.33. The van der Waals surface area contributed by atoms with E-state index in [1.165, 1.54) is 0 Å². The van der Waals surface area contributed by atoms with Gasteiger partial charge in [0, 0.05) is 6.07 Å². The van der Waals surface area contributed by atoms with Crippen LogP contribution in [-0.2, 0) is 4.79 Å². The molecule has 0 saturated heterocycles. The second kappa shape index (κ2) is 6.50. The molecule has 104 valence electrons. The van der Waals surface area contributed by atoms with Gasteiger partial charge in [0.15, 0.2) is 6.61 Å². The van der Waals surface area contributed by atoms with E-state index in [9.17, 15) is 4.79 Å². The summed E-state index contributed by atoms with van der Waals surface area (Å²) in [6.45, 7) is -0.147. The molecule has 0 atom stereocenters. The predicted molar refractivity (Wildman–Crippen MR) is 81.4 cm³/mol. The van der Waals surface area contributed by atoms with Crippen molar-refractivity contribution in [1.29, 1.82) is 0 Å². The number of carbonyl (C=O) groups is 1. The van der Waals surface area contributed by atoms with Crippen LogP contribution in [0, 0.1) is 0 Å². The zero-order valence-electron chi connectivity index (χ0n) is 10.4. The molecule has 3 N–H and O–H groups in total. The van der Waals surface area contributed by atoms with Crippen molar-refractivity contribution in [2.75, 3.05) is 17.7 Å². The summed E-state index contributed by atoms with van der Waals surface area (Å²) in [4.78, 5) is 11.7. The third-order valence-electron chi connectivity index (χ3n) is 2.49. The largest absolute Gasteiger partial charge is 0.484 e. The van der Waals surface area contributed by atoms with Crippen LogP contribution in [0.25, 0.3) is 0 Å². The number of benzene rings is 2. The molecule has 0 unspecified atom stereocenters. The average Bonchev–Trinajstić information content (AvgIpc) is 2.43. The van der Waals surface area contributed by atoms with Gasteiger partial charge >= 0.3 is 0 Å². The number of nitrogen functional groups attached to an aromatic ring is 1. The molecule has 2 aromatic carbocycles. The second-order valence-electron chi connectivity index (χ2n) is 4.00. The number of nitrogens with two attached hydrogens (primary N) is 1. The summed E-state index contributed by atoms with van der Waals surface area (Å²) < 4.78 is 5.32. The van der Waals surface area contributed by atoms with E-state index in [2.05, 4.69) is 5.32 Å². The molecule has 0 aromatic heterocycles. The van der Waals surface area contributed by atoms with Crippen molar-refractivity contribution in [2.45, 2.75) is 0 Å². The van der Waals surface area contributed by atoms with E-state index >= 15 is 0 Å². The van der Waals surface area contributed by atoms with Crippen LogP contribution in [0.2, 0.25) is 10.0 Å². The van der Waals surface area contributed by atoms with E-state index in [4.69, 9.17) is 33.7 Å². The van der Waals surface area contributed by atoms with E-state index < -0.39 is 0 Å². The van der Waals surface area contributed by atoms with Gasteiger partial charge in [0.05, 0.1) is 21.4 Å².